The number of ether oxygens (including phenoxy) is 2. The first kappa shape index (κ1) is 28.5. The monoisotopic (exact) mass is 543 g/mol. The van der Waals surface area contributed by atoms with Crippen LogP contribution in [0.15, 0.2) is 139 Å². The van der Waals surface area contributed by atoms with E-state index in [1.54, 1.807) is 36.4 Å². The van der Waals surface area contributed by atoms with Crippen molar-refractivity contribution in [2.45, 2.75) is 23.9 Å². The molecular weight excluding hydrogens is 515 g/mol. The minimum atomic E-state index is -5.12. The predicted molar refractivity (Wildman–Crippen MR) is 149 cm³/mol. The summed E-state index contributed by atoms with van der Waals surface area (Å²) in [5.74, 6) is -1.61. The molecule has 4 nitrogen and oxygen atoms in total. The number of rotatable bonds is 10. The quantitative estimate of drug-likeness (QED) is 0.118. The van der Waals surface area contributed by atoms with Gasteiger partial charge in [-0.1, -0.05) is 127 Å². The second-order valence-electron chi connectivity index (χ2n) is 8.92. The minimum Gasteiger partial charge on any atom is -0.452 e. The fraction of sp³-hybridized carbons (Fsp3) is 0.152. The van der Waals surface area contributed by atoms with Gasteiger partial charge in [-0.25, -0.2) is 4.79 Å². The molecule has 0 aliphatic carbocycles. The van der Waals surface area contributed by atoms with Crippen molar-refractivity contribution >= 4 is 11.7 Å². The van der Waals surface area contributed by atoms with Gasteiger partial charge in [0, 0.05) is 23.8 Å². The fourth-order valence-corrected chi connectivity index (χ4v) is 4.46. The number of aliphatic imine (C=N–C) groups is 1. The highest BCUT2D eigenvalue weighted by molar-refractivity contribution is 6.13. The molecule has 0 fully saturated rings. The summed E-state index contributed by atoms with van der Waals surface area (Å²) in [4.78, 5) is 18.5. The van der Waals surface area contributed by atoms with E-state index in [-0.39, 0.29) is 0 Å². The van der Waals surface area contributed by atoms with E-state index < -0.39 is 35.5 Å². The molecule has 0 radical (unpaired) electrons. The van der Waals surface area contributed by atoms with E-state index in [1.165, 1.54) is 30.3 Å². The highest BCUT2D eigenvalue weighted by Crippen LogP contribution is 2.44. The summed E-state index contributed by atoms with van der Waals surface area (Å²) in [7, 11) is 0.839. The third kappa shape index (κ3) is 5.90. The van der Waals surface area contributed by atoms with Crippen LogP contribution in [-0.4, -0.2) is 31.0 Å². The van der Waals surface area contributed by atoms with Gasteiger partial charge in [0.1, 0.15) is 6.04 Å². The maximum absolute atomic E-state index is 14.6. The molecule has 0 saturated heterocycles. The zero-order valence-corrected chi connectivity index (χ0v) is 21.8. The highest BCUT2D eigenvalue weighted by Gasteiger charge is 2.64. The lowest BCUT2D eigenvalue weighted by molar-refractivity contribution is -0.278. The molecule has 4 aromatic rings. The van der Waals surface area contributed by atoms with Crippen molar-refractivity contribution in [1.29, 1.82) is 0 Å². The van der Waals surface area contributed by atoms with Gasteiger partial charge in [-0.15, -0.1) is 6.58 Å². The zero-order valence-electron chi connectivity index (χ0n) is 21.8. The van der Waals surface area contributed by atoms with E-state index in [2.05, 4.69) is 6.58 Å². The Hall–Kier alpha value is -4.49. The number of benzene rings is 4. The van der Waals surface area contributed by atoms with Gasteiger partial charge in [-0.2, -0.15) is 13.2 Å². The average Bonchev–Trinajstić information content (AvgIpc) is 2.99. The number of halogens is 3. The van der Waals surface area contributed by atoms with Gasteiger partial charge in [-0.3, -0.25) is 4.99 Å². The molecule has 7 heteroatoms. The van der Waals surface area contributed by atoms with Crippen molar-refractivity contribution in [1.82, 2.24) is 0 Å². The molecule has 0 aliphatic heterocycles. The van der Waals surface area contributed by atoms with E-state index in [0.717, 1.165) is 18.2 Å². The molecule has 0 heterocycles. The molecular formula is C33H28F3NO3. The van der Waals surface area contributed by atoms with E-state index in [0.29, 0.717) is 11.3 Å². The van der Waals surface area contributed by atoms with Crippen molar-refractivity contribution < 1.29 is 27.4 Å². The lowest BCUT2D eigenvalue weighted by Gasteiger charge is -2.34. The van der Waals surface area contributed by atoms with E-state index in [9.17, 15) is 18.0 Å². The first-order chi connectivity index (χ1) is 19.3. The smallest absolute Gasteiger partial charge is 0.432 e. The van der Waals surface area contributed by atoms with Crippen LogP contribution in [0.2, 0.25) is 0 Å². The van der Waals surface area contributed by atoms with Crippen LogP contribution in [0, 0.1) is 0 Å². The van der Waals surface area contributed by atoms with Crippen LogP contribution in [0.5, 0.6) is 0 Å². The Morgan fingerprint density at radius 1 is 0.775 bits per heavy atom. The van der Waals surface area contributed by atoms with Crippen LogP contribution in [0.3, 0.4) is 0 Å². The Balaban J connectivity index is 1.85. The lowest BCUT2D eigenvalue weighted by atomic mass is 9.92. The molecule has 4 rings (SSSR count). The summed E-state index contributed by atoms with van der Waals surface area (Å²) >= 11 is 0. The summed E-state index contributed by atoms with van der Waals surface area (Å²) in [6.07, 6.45) is -4.90. The molecule has 3 atom stereocenters. The van der Waals surface area contributed by atoms with Gasteiger partial charge in [0.25, 0.3) is 5.60 Å². The van der Waals surface area contributed by atoms with Crippen molar-refractivity contribution in [3.8, 4) is 0 Å². The van der Waals surface area contributed by atoms with E-state index >= 15 is 0 Å². The molecule has 0 bridgehead atoms. The molecule has 204 valence electrons. The SMILES string of the molecule is C=C[C@H](N=C(c1ccccc1)c1ccccc1)[C@H](OC(=O)[C@](OC)(c1ccccc1)C(F)(F)F)c1ccccc1. The largest absolute Gasteiger partial charge is 0.452 e. The topological polar surface area (TPSA) is 47.9 Å². The number of hydrogen-bond acceptors (Lipinski definition) is 4. The van der Waals surface area contributed by atoms with Gasteiger partial charge in [0.2, 0.25) is 0 Å². The van der Waals surface area contributed by atoms with E-state index in [4.69, 9.17) is 14.5 Å². The summed E-state index contributed by atoms with van der Waals surface area (Å²) in [5.41, 5.74) is -1.16. The highest BCUT2D eigenvalue weighted by atomic mass is 19.4. The predicted octanol–water partition coefficient (Wildman–Crippen LogP) is 7.47. The molecule has 0 spiro atoms. The van der Waals surface area contributed by atoms with Gasteiger partial charge < -0.3 is 9.47 Å². The second-order valence-corrected chi connectivity index (χ2v) is 8.92. The molecule has 0 aromatic heterocycles. The molecule has 0 aliphatic rings. The molecule has 0 N–H and O–H groups in total. The summed E-state index contributed by atoms with van der Waals surface area (Å²) in [6, 6.07) is 33.0. The van der Waals surface area contributed by atoms with Crippen LogP contribution in [0.1, 0.15) is 28.4 Å². The number of hydrogen-bond donors (Lipinski definition) is 0. The van der Waals surface area contributed by atoms with Gasteiger partial charge >= 0.3 is 12.1 Å². The Morgan fingerprint density at radius 2 is 1.23 bits per heavy atom. The lowest BCUT2D eigenvalue weighted by Crippen LogP contribution is -2.52. The van der Waals surface area contributed by atoms with Crippen LogP contribution in [-0.2, 0) is 19.9 Å². The molecule has 0 amide bonds. The molecule has 4 aromatic carbocycles. The Kier molecular flexibility index (Phi) is 8.97. The fourth-order valence-electron chi connectivity index (χ4n) is 4.46. The maximum atomic E-state index is 14.6. The van der Waals surface area contributed by atoms with Crippen LogP contribution in [0.25, 0.3) is 0 Å². The maximum Gasteiger partial charge on any atom is 0.432 e. The van der Waals surface area contributed by atoms with Crippen LogP contribution >= 0.6 is 0 Å². The van der Waals surface area contributed by atoms with Crippen LogP contribution in [0.4, 0.5) is 13.2 Å². The van der Waals surface area contributed by atoms with Crippen LogP contribution < -0.4 is 0 Å². The zero-order chi connectivity index (χ0) is 28.6. The second kappa shape index (κ2) is 12.6. The Morgan fingerprint density at radius 3 is 1.65 bits per heavy atom. The Bertz CT molecular complexity index is 1380. The standard InChI is InChI=1S/C33H28F3NO3/c1-3-28(37-29(24-16-8-4-9-17-24)25-18-10-5-11-19-25)30(26-20-12-6-13-21-26)40-31(38)32(39-2,33(34,35)36)27-22-14-7-15-23-27/h3-23,28,30H,1H2,2H3/t28-,30+,32+/m0/s1. The normalized spacial score (nSPS) is 14.3. The third-order valence-corrected chi connectivity index (χ3v) is 6.46. The number of methoxy groups -OCH3 is 1. The Labute approximate surface area is 231 Å². The van der Waals surface area contributed by atoms with Crippen molar-refractivity contribution in [3.63, 3.8) is 0 Å². The average molecular weight is 544 g/mol. The van der Waals surface area contributed by atoms with Gasteiger partial charge in [-0.05, 0) is 5.56 Å². The van der Waals surface area contributed by atoms with Gasteiger partial charge in [0.15, 0.2) is 6.10 Å². The molecule has 0 saturated carbocycles. The molecule has 0 unspecified atom stereocenters. The number of esters is 1. The minimum absolute atomic E-state index is 0.394. The third-order valence-electron chi connectivity index (χ3n) is 6.46. The summed E-state index contributed by atoms with van der Waals surface area (Å²) in [5, 5.41) is 0. The van der Waals surface area contributed by atoms with Gasteiger partial charge in [0.05, 0.1) is 5.71 Å². The number of nitrogens with zero attached hydrogens (tertiary/aromatic N) is 1. The number of carbonyl (C=O) groups is 1. The number of carbonyl (C=O) groups excluding carboxylic acids is 1. The summed E-state index contributed by atoms with van der Waals surface area (Å²) in [6.45, 7) is 3.89. The first-order valence-electron chi connectivity index (χ1n) is 12.6. The first-order valence-corrected chi connectivity index (χ1v) is 12.6. The van der Waals surface area contributed by atoms with Crippen molar-refractivity contribution in [3.05, 3.63) is 156 Å². The summed E-state index contributed by atoms with van der Waals surface area (Å²) < 4.78 is 54.6. The number of alkyl halides is 3. The van der Waals surface area contributed by atoms with Crippen molar-refractivity contribution in [2.75, 3.05) is 7.11 Å². The van der Waals surface area contributed by atoms with E-state index in [1.807, 2.05) is 60.7 Å². The van der Waals surface area contributed by atoms with Crippen molar-refractivity contribution in [2.24, 2.45) is 4.99 Å². The molecule has 40 heavy (non-hydrogen) atoms.